The normalized spacial score (nSPS) is 20.6. The van der Waals surface area contributed by atoms with Gasteiger partial charge >= 0.3 is 0 Å². The molecule has 0 saturated heterocycles. The van der Waals surface area contributed by atoms with Gasteiger partial charge in [-0.05, 0) is 16.5 Å². The average molecular weight is 221 g/mol. The van der Waals surface area contributed by atoms with Crippen LogP contribution in [0.5, 0.6) is 0 Å². The lowest BCUT2D eigenvalue weighted by molar-refractivity contribution is -0.114. The van der Waals surface area contributed by atoms with Crippen LogP contribution in [0.1, 0.15) is 15.9 Å². The van der Waals surface area contributed by atoms with Gasteiger partial charge in [-0.2, -0.15) is 0 Å². The number of carbonyl (C=O) groups excluding carboxylic acids is 2. The number of rotatable bonds is 1. The number of fused-ring (bicyclic) bond motifs is 1. The average Bonchev–Trinajstić information content (AvgIpc) is 2.23. The Bertz CT molecular complexity index is 423. The topological polar surface area (TPSA) is 34.1 Å². The van der Waals surface area contributed by atoms with E-state index in [1.807, 2.05) is 30.7 Å². The molecule has 78 valence electrons. The number of hydrogen-bond acceptors (Lipinski definition) is 2. The minimum atomic E-state index is -0.303. The molecule has 0 radical (unpaired) electrons. The zero-order valence-electron chi connectivity index (χ0n) is 8.82. The summed E-state index contributed by atoms with van der Waals surface area (Å²) in [5.41, 5.74) is 1.62. The van der Waals surface area contributed by atoms with Gasteiger partial charge in [0.05, 0.1) is 12.5 Å². The van der Waals surface area contributed by atoms with Crippen molar-refractivity contribution in [2.24, 2.45) is 0 Å². The van der Waals surface area contributed by atoms with Gasteiger partial charge in [0.15, 0.2) is 5.25 Å². The highest BCUT2D eigenvalue weighted by Crippen LogP contribution is 2.22. The van der Waals surface area contributed by atoms with Gasteiger partial charge in [0, 0.05) is 12.0 Å². The van der Waals surface area contributed by atoms with Crippen LogP contribution in [0, 0.1) is 0 Å². The van der Waals surface area contributed by atoms with Gasteiger partial charge < -0.3 is 0 Å². The second kappa shape index (κ2) is 3.81. The van der Waals surface area contributed by atoms with Gasteiger partial charge in [0.25, 0.3) is 5.78 Å². The van der Waals surface area contributed by atoms with Crippen molar-refractivity contribution in [1.29, 1.82) is 0 Å². The molecule has 0 amide bonds. The van der Waals surface area contributed by atoms with Crippen molar-refractivity contribution >= 4 is 22.5 Å². The van der Waals surface area contributed by atoms with E-state index in [4.69, 9.17) is 0 Å². The molecule has 1 aromatic rings. The summed E-state index contributed by atoms with van der Waals surface area (Å²) in [4.78, 5) is 23.6. The maximum Gasteiger partial charge on any atom is 0.255 e. The van der Waals surface area contributed by atoms with Crippen molar-refractivity contribution in [2.45, 2.75) is 11.7 Å². The third kappa shape index (κ3) is 1.72. The summed E-state index contributed by atoms with van der Waals surface area (Å²) in [7, 11) is -0.0304. The van der Waals surface area contributed by atoms with Crippen LogP contribution in [0.2, 0.25) is 0 Å². The minimum absolute atomic E-state index is 0.0304. The quantitative estimate of drug-likeness (QED) is 0.528. The fraction of sp³-hybridized carbons (Fsp3) is 0.333. The molecule has 0 aliphatic heterocycles. The molecule has 1 atom stereocenters. The number of carbonyl (C=O) groups is 2. The molecule has 2 rings (SSSR count). The molecular formula is C12H13O2S+. The summed E-state index contributed by atoms with van der Waals surface area (Å²) in [5, 5.41) is -0.104. The summed E-state index contributed by atoms with van der Waals surface area (Å²) in [6.07, 6.45) is 4.75. The monoisotopic (exact) mass is 221 g/mol. The molecule has 3 heteroatoms. The van der Waals surface area contributed by atoms with Crippen molar-refractivity contribution in [1.82, 2.24) is 0 Å². The van der Waals surface area contributed by atoms with Gasteiger partial charge in [-0.3, -0.25) is 9.59 Å². The maximum atomic E-state index is 11.8. The number of benzene rings is 1. The van der Waals surface area contributed by atoms with Gasteiger partial charge in [-0.1, -0.05) is 24.3 Å². The number of ketones is 2. The predicted molar refractivity (Wildman–Crippen MR) is 62.5 cm³/mol. The van der Waals surface area contributed by atoms with Gasteiger partial charge in [-0.25, -0.2) is 0 Å². The molecular weight excluding hydrogens is 208 g/mol. The lowest BCUT2D eigenvalue weighted by Crippen LogP contribution is -2.40. The molecule has 1 aromatic carbocycles. The highest BCUT2D eigenvalue weighted by atomic mass is 32.2. The molecule has 2 nitrogen and oxygen atoms in total. The van der Waals surface area contributed by atoms with E-state index in [2.05, 4.69) is 0 Å². The van der Waals surface area contributed by atoms with Gasteiger partial charge in [-0.15, -0.1) is 0 Å². The van der Waals surface area contributed by atoms with E-state index < -0.39 is 0 Å². The molecule has 15 heavy (non-hydrogen) atoms. The van der Waals surface area contributed by atoms with Gasteiger partial charge in [0.1, 0.15) is 0 Å². The Hall–Kier alpha value is -1.09. The Morgan fingerprint density at radius 3 is 2.53 bits per heavy atom. The molecule has 0 spiro atoms. The fourth-order valence-corrected chi connectivity index (χ4v) is 2.92. The van der Waals surface area contributed by atoms with E-state index in [9.17, 15) is 9.59 Å². The highest BCUT2D eigenvalue weighted by Gasteiger charge is 2.40. The smallest absolute Gasteiger partial charge is 0.255 e. The zero-order valence-corrected chi connectivity index (χ0v) is 9.64. The molecule has 0 aromatic heterocycles. The molecule has 1 aliphatic carbocycles. The van der Waals surface area contributed by atoms with Crippen LogP contribution in [-0.4, -0.2) is 29.3 Å². The van der Waals surface area contributed by atoms with E-state index >= 15 is 0 Å². The second-order valence-electron chi connectivity index (χ2n) is 3.92. The Labute approximate surface area is 92.0 Å². The zero-order chi connectivity index (χ0) is 11.0. The molecule has 0 bridgehead atoms. The highest BCUT2D eigenvalue weighted by molar-refractivity contribution is 7.96. The van der Waals surface area contributed by atoms with Crippen LogP contribution in [0.4, 0.5) is 0 Å². The van der Waals surface area contributed by atoms with E-state index in [-0.39, 0.29) is 27.7 Å². The minimum Gasteiger partial charge on any atom is -0.285 e. The molecule has 0 N–H and O–H groups in total. The van der Waals surface area contributed by atoms with Gasteiger partial charge in [0.2, 0.25) is 5.78 Å². The van der Waals surface area contributed by atoms with E-state index in [1.165, 1.54) is 0 Å². The first-order valence-corrected chi connectivity index (χ1v) is 6.94. The summed E-state index contributed by atoms with van der Waals surface area (Å²) in [5.74, 6) is -0.509. The summed E-state index contributed by atoms with van der Waals surface area (Å²) >= 11 is 0. The van der Waals surface area contributed by atoms with Crippen LogP contribution in [0.25, 0.3) is 0 Å². The van der Waals surface area contributed by atoms with Crippen LogP contribution in [-0.2, 0) is 22.1 Å². The first-order chi connectivity index (χ1) is 7.11. The van der Waals surface area contributed by atoms with Crippen molar-refractivity contribution in [2.75, 3.05) is 12.5 Å². The van der Waals surface area contributed by atoms with Crippen molar-refractivity contribution < 1.29 is 9.59 Å². The third-order valence-corrected chi connectivity index (χ3v) is 4.27. The van der Waals surface area contributed by atoms with Crippen LogP contribution < -0.4 is 0 Å². The molecule has 0 fully saturated rings. The Balaban J connectivity index is 2.46. The lowest BCUT2D eigenvalue weighted by Gasteiger charge is -2.19. The Kier molecular flexibility index (Phi) is 2.65. The SMILES string of the molecule is C[S+](C)C1Cc2ccccc2C(=O)C1=O. The van der Waals surface area contributed by atoms with Crippen LogP contribution >= 0.6 is 0 Å². The number of Topliss-reactive ketones (excluding diaryl/α,β-unsaturated/α-hetero) is 2. The lowest BCUT2D eigenvalue weighted by atomic mass is 9.89. The molecule has 1 aliphatic rings. The molecule has 1 unspecified atom stereocenters. The van der Waals surface area contributed by atoms with Crippen LogP contribution in [0.15, 0.2) is 24.3 Å². The van der Waals surface area contributed by atoms with E-state index in [1.54, 1.807) is 6.07 Å². The summed E-state index contributed by atoms with van der Waals surface area (Å²) in [6, 6.07) is 7.42. The van der Waals surface area contributed by atoms with E-state index in [0.29, 0.717) is 5.56 Å². The van der Waals surface area contributed by atoms with Crippen LogP contribution in [0.3, 0.4) is 0 Å². The molecule has 0 saturated carbocycles. The first-order valence-electron chi connectivity index (χ1n) is 4.84. The maximum absolute atomic E-state index is 11.8. The largest absolute Gasteiger partial charge is 0.285 e. The third-order valence-electron chi connectivity index (χ3n) is 2.75. The van der Waals surface area contributed by atoms with Crippen molar-refractivity contribution in [3.8, 4) is 0 Å². The predicted octanol–water partition coefficient (Wildman–Crippen LogP) is 1.24. The summed E-state index contributed by atoms with van der Waals surface area (Å²) < 4.78 is 0. The van der Waals surface area contributed by atoms with Crippen molar-refractivity contribution in [3.63, 3.8) is 0 Å². The first kappa shape index (κ1) is 10.4. The van der Waals surface area contributed by atoms with E-state index in [0.717, 1.165) is 12.0 Å². The van der Waals surface area contributed by atoms with Crippen molar-refractivity contribution in [3.05, 3.63) is 35.4 Å². The standard InChI is InChI=1S/C12H13O2S/c1-15(2)10-7-8-5-3-4-6-9(8)11(13)12(10)14/h3-6,10H,7H2,1-2H3/q+1. The molecule has 0 heterocycles. The Morgan fingerprint density at radius 1 is 1.20 bits per heavy atom. The number of hydrogen-bond donors (Lipinski definition) is 0. The Morgan fingerprint density at radius 2 is 1.87 bits per heavy atom. The second-order valence-corrected chi connectivity index (χ2v) is 6.25. The summed E-state index contributed by atoms with van der Waals surface area (Å²) in [6.45, 7) is 0. The fourth-order valence-electron chi connectivity index (χ4n) is 1.87.